The van der Waals surface area contributed by atoms with Gasteiger partial charge in [0.05, 0.1) is 25.2 Å². The molecule has 2 N–H and O–H groups in total. The lowest BCUT2D eigenvalue weighted by Gasteiger charge is -2.26. The summed E-state index contributed by atoms with van der Waals surface area (Å²) in [4.78, 5) is 2.55. The van der Waals surface area contributed by atoms with Crippen LogP contribution in [0, 0.1) is 0 Å². The minimum atomic E-state index is -3.63. The van der Waals surface area contributed by atoms with E-state index >= 15 is 0 Å². The van der Waals surface area contributed by atoms with E-state index in [-0.39, 0.29) is 4.90 Å². The first kappa shape index (κ1) is 19.5. The summed E-state index contributed by atoms with van der Waals surface area (Å²) in [5, 5.41) is 3.35. The topological polar surface area (TPSA) is 79.9 Å². The quantitative estimate of drug-likeness (QED) is 0.718. The molecule has 0 amide bonds. The van der Waals surface area contributed by atoms with Crippen molar-refractivity contribution in [2.75, 3.05) is 56.5 Å². The van der Waals surface area contributed by atoms with Crippen LogP contribution in [-0.4, -0.2) is 59.8 Å². The summed E-state index contributed by atoms with van der Waals surface area (Å²) in [7, 11) is -2.09. The summed E-state index contributed by atoms with van der Waals surface area (Å²) in [6.07, 6.45) is 0. The van der Waals surface area contributed by atoms with Crippen molar-refractivity contribution in [3.8, 4) is 5.75 Å². The number of hydrogen-bond donors (Lipinski definition) is 2. The molecule has 2 aromatic carbocycles. The lowest BCUT2D eigenvalue weighted by molar-refractivity contribution is 0.0398. The van der Waals surface area contributed by atoms with Crippen molar-refractivity contribution in [2.45, 2.75) is 4.90 Å². The molecule has 27 heavy (non-hydrogen) atoms. The minimum absolute atomic E-state index is 0.191. The highest BCUT2D eigenvalue weighted by molar-refractivity contribution is 7.92. The lowest BCUT2D eigenvalue weighted by atomic mass is 10.3. The van der Waals surface area contributed by atoms with Crippen LogP contribution in [0.4, 0.5) is 11.4 Å². The molecule has 0 bridgehead atoms. The molecule has 2 aromatic rings. The van der Waals surface area contributed by atoms with Gasteiger partial charge in [0, 0.05) is 37.6 Å². The average molecular weight is 391 g/mol. The Hall–Kier alpha value is -2.29. The van der Waals surface area contributed by atoms with E-state index in [4.69, 9.17) is 9.47 Å². The first-order valence-electron chi connectivity index (χ1n) is 8.88. The second-order valence-electron chi connectivity index (χ2n) is 6.24. The van der Waals surface area contributed by atoms with Crippen LogP contribution in [-0.2, 0) is 14.8 Å². The lowest BCUT2D eigenvalue weighted by Crippen LogP contribution is -2.38. The third-order valence-corrected chi connectivity index (χ3v) is 5.76. The zero-order valence-electron chi connectivity index (χ0n) is 15.3. The number of nitrogens with zero attached hydrogens (tertiary/aromatic N) is 1. The zero-order valence-corrected chi connectivity index (χ0v) is 16.2. The number of morpholine rings is 1. The van der Waals surface area contributed by atoms with Gasteiger partial charge in [0.1, 0.15) is 5.75 Å². The standard InChI is InChI=1S/C19H25N3O4S/c1-25-18-6-8-19(9-7-18)27(23,24)21-17-4-2-16(3-5-17)20-10-11-22-12-14-26-15-13-22/h2-9,20-21H,10-15H2,1H3. The molecule has 0 saturated carbocycles. The molecule has 0 aliphatic carbocycles. The molecule has 1 saturated heterocycles. The fraction of sp³-hybridized carbons (Fsp3) is 0.368. The van der Waals surface area contributed by atoms with E-state index in [0.717, 1.165) is 45.1 Å². The molecule has 1 aliphatic heterocycles. The van der Waals surface area contributed by atoms with Crippen molar-refractivity contribution in [1.29, 1.82) is 0 Å². The van der Waals surface area contributed by atoms with Gasteiger partial charge in [-0.15, -0.1) is 0 Å². The van der Waals surface area contributed by atoms with Crippen molar-refractivity contribution in [2.24, 2.45) is 0 Å². The molecule has 8 heteroatoms. The summed E-state index contributed by atoms with van der Waals surface area (Å²) in [6, 6.07) is 13.5. The largest absolute Gasteiger partial charge is 0.497 e. The molecular formula is C19H25N3O4S. The Balaban J connectivity index is 1.53. The summed E-state index contributed by atoms with van der Waals surface area (Å²) in [5.74, 6) is 0.612. The summed E-state index contributed by atoms with van der Waals surface area (Å²) < 4.78 is 37.9. The van der Waals surface area contributed by atoms with Gasteiger partial charge in [-0.25, -0.2) is 8.42 Å². The highest BCUT2D eigenvalue weighted by atomic mass is 32.2. The molecule has 0 unspecified atom stereocenters. The number of benzene rings is 2. The van der Waals surface area contributed by atoms with Gasteiger partial charge in [-0.1, -0.05) is 0 Å². The SMILES string of the molecule is COc1ccc(S(=O)(=O)Nc2ccc(NCCN3CCOCC3)cc2)cc1. The zero-order chi connectivity index (χ0) is 19.1. The van der Waals surface area contributed by atoms with Crippen molar-refractivity contribution in [3.63, 3.8) is 0 Å². The predicted molar refractivity (Wildman–Crippen MR) is 106 cm³/mol. The molecule has 0 spiro atoms. The van der Waals surface area contributed by atoms with Gasteiger partial charge in [0.15, 0.2) is 0 Å². The number of hydrogen-bond acceptors (Lipinski definition) is 6. The number of ether oxygens (including phenoxy) is 2. The van der Waals surface area contributed by atoms with E-state index in [9.17, 15) is 8.42 Å². The number of methoxy groups -OCH3 is 1. The van der Waals surface area contributed by atoms with Gasteiger partial charge in [0.2, 0.25) is 0 Å². The van der Waals surface area contributed by atoms with Gasteiger partial charge in [-0.2, -0.15) is 0 Å². The number of anilines is 2. The second-order valence-corrected chi connectivity index (χ2v) is 7.92. The number of rotatable bonds is 8. The Labute approximate surface area is 160 Å². The third kappa shape index (κ3) is 5.59. The molecular weight excluding hydrogens is 366 g/mol. The Morgan fingerprint density at radius 3 is 2.26 bits per heavy atom. The smallest absolute Gasteiger partial charge is 0.261 e. The summed E-state index contributed by atoms with van der Waals surface area (Å²) >= 11 is 0. The molecule has 1 fully saturated rings. The van der Waals surface area contributed by atoms with Crippen LogP contribution in [0.25, 0.3) is 0 Å². The highest BCUT2D eigenvalue weighted by Gasteiger charge is 2.14. The molecule has 0 atom stereocenters. The normalized spacial score (nSPS) is 15.3. The van der Waals surface area contributed by atoms with E-state index < -0.39 is 10.0 Å². The maximum absolute atomic E-state index is 12.4. The molecule has 0 radical (unpaired) electrons. The van der Waals surface area contributed by atoms with Crippen LogP contribution in [0.15, 0.2) is 53.4 Å². The minimum Gasteiger partial charge on any atom is -0.497 e. The second kappa shape index (κ2) is 9.07. The molecule has 7 nitrogen and oxygen atoms in total. The Morgan fingerprint density at radius 1 is 1.00 bits per heavy atom. The van der Waals surface area contributed by atoms with Gasteiger partial charge in [0.25, 0.3) is 10.0 Å². The maximum atomic E-state index is 12.4. The van der Waals surface area contributed by atoms with E-state index in [1.807, 2.05) is 12.1 Å². The van der Waals surface area contributed by atoms with Gasteiger partial charge >= 0.3 is 0 Å². The van der Waals surface area contributed by atoms with Crippen LogP contribution in [0.5, 0.6) is 5.75 Å². The molecule has 146 valence electrons. The molecule has 1 aliphatic rings. The van der Waals surface area contributed by atoms with Crippen LogP contribution in [0.3, 0.4) is 0 Å². The van der Waals surface area contributed by atoms with E-state index in [1.165, 1.54) is 19.2 Å². The van der Waals surface area contributed by atoms with Crippen LogP contribution >= 0.6 is 0 Å². The third-order valence-electron chi connectivity index (χ3n) is 4.37. The highest BCUT2D eigenvalue weighted by Crippen LogP contribution is 2.20. The summed E-state index contributed by atoms with van der Waals surface area (Å²) in [6.45, 7) is 5.31. The van der Waals surface area contributed by atoms with E-state index in [0.29, 0.717) is 11.4 Å². The van der Waals surface area contributed by atoms with Crippen molar-refractivity contribution in [3.05, 3.63) is 48.5 Å². The number of nitrogens with one attached hydrogen (secondary N) is 2. The fourth-order valence-corrected chi connectivity index (χ4v) is 3.87. The maximum Gasteiger partial charge on any atom is 0.261 e. The fourth-order valence-electron chi connectivity index (χ4n) is 2.81. The molecule has 1 heterocycles. The Bertz CT molecular complexity index is 817. The molecule has 3 rings (SSSR count). The summed E-state index contributed by atoms with van der Waals surface area (Å²) in [5.41, 5.74) is 1.47. The number of sulfonamides is 1. The Morgan fingerprint density at radius 2 is 1.63 bits per heavy atom. The first-order chi connectivity index (χ1) is 13.1. The van der Waals surface area contributed by atoms with Crippen LogP contribution in [0.1, 0.15) is 0 Å². The van der Waals surface area contributed by atoms with E-state index in [1.54, 1.807) is 24.3 Å². The average Bonchev–Trinajstić information content (AvgIpc) is 2.70. The Kier molecular flexibility index (Phi) is 6.54. The van der Waals surface area contributed by atoms with Crippen LogP contribution < -0.4 is 14.8 Å². The predicted octanol–water partition coefficient (Wildman–Crippen LogP) is 2.24. The van der Waals surface area contributed by atoms with Crippen LogP contribution in [0.2, 0.25) is 0 Å². The van der Waals surface area contributed by atoms with Crippen molar-refractivity contribution >= 4 is 21.4 Å². The van der Waals surface area contributed by atoms with Gasteiger partial charge in [-0.05, 0) is 48.5 Å². The van der Waals surface area contributed by atoms with Crippen molar-refractivity contribution < 1.29 is 17.9 Å². The van der Waals surface area contributed by atoms with Gasteiger partial charge < -0.3 is 14.8 Å². The first-order valence-corrected chi connectivity index (χ1v) is 10.4. The monoisotopic (exact) mass is 391 g/mol. The van der Waals surface area contributed by atoms with Gasteiger partial charge in [-0.3, -0.25) is 9.62 Å². The van der Waals surface area contributed by atoms with Crippen molar-refractivity contribution in [1.82, 2.24) is 4.90 Å². The van der Waals surface area contributed by atoms with E-state index in [2.05, 4.69) is 14.9 Å². The molecule has 0 aromatic heterocycles.